The smallest absolute Gasteiger partial charge is 0.240 e. The number of amides is 1. The maximum atomic E-state index is 11.8. The lowest BCUT2D eigenvalue weighted by molar-refractivity contribution is -0.120. The van der Waals surface area contributed by atoms with Crippen LogP contribution < -0.4 is 10.2 Å². The van der Waals surface area contributed by atoms with E-state index >= 15 is 0 Å². The number of pyridine rings is 1. The third-order valence-electron chi connectivity index (χ3n) is 2.72. The zero-order valence-electron chi connectivity index (χ0n) is 11.6. The van der Waals surface area contributed by atoms with Crippen LogP contribution in [0.2, 0.25) is 0 Å². The van der Waals surface area contributed by atoms with E-state index in [2.05, 4.69) is 16.4 Å². The lowest BCUT2D eigenvalue weighted by Crippen LogP contribution is -2.40. The number of carbonyl (C=O) groups is 1. The highest BCUT2D eigenvalue weighted by Gasteiger charge is 2.13. The summed E-state index contributed by atoms with van der Waals surface area (Å²) in [6, 6.07) is 6.92. The van der Waals surface area contributed by atoms with Crippen molar-refractivity contribution in [3.05, 3.63) is 23.9 Å². The van der Waals surface area contributed by atoms with Crippen molar-refractivity contribution in [1.29, 1.82) is 10.5 Å². The molecule has 1 aromatic rings. The Balaban J connectivity index is 2.56. The molecule has 1 N–H and O–H groups in total. The molecule has 0 aromatic carbocycles. The van der Waals surface area contributed by atoms with Crippen LogP contribution in [0, 0.1) is 22.7 Å². The van der Waals surface area contributed by atoms with Gasteiger partial charge in [0.05, 0.1) is 18.2 Å². The van der Waals surface area contributed by atoms with Crippen molar-refractivity contribution < 1.29 is 4.79 Å². The first-order valence-electron chi connectivity index (χ1n) is 6.37. The molecule has 1 rings (SSSR count). The van der Waals surface area contributed by atoms with E-state index in [1.807, 2.05) is 13.0 Å². The van der Waals surface area contributed by atoms with Crippen LogP contribution in [0.5, 0.6) is 0 Å². The van der Waals surface area contributed by atoms with Gasteiger partial charge in [-0.1, -0.05) is 13.3 Å². The van der Waals surface area contributed by atoms with Crippen LogP contribution in [0.15, 0.2) is 18.3 Å². The standard InChI is InChI=1S/C14H17N5O/c1-3-4-12(8-16)18-14(20)10-19(2)13-6-5-11(7-15)9-17-13/h5-6,9,12H,3-4,10H2,1-2H3,(H,18,20)/t12-/m1/s1. The predicted molar refractivity (Wildman–Crippen MR) is 74.7 cm³/mol. The first-order chi connectivity index (χ1) is 9.60. The average Bonchev–Trinajstić information content (AvgIpc) is 2.46. The number of anilines is 1. The number of hydrogen-bond donors (Lipinski definition) is 1. The van der Waals surface area contributed by atoms with Gasteiger partial charge in [-0.25, -0.2) is 4.98 Å². The lowest BCUT2D eigenvalue weighted by atomic mass is 10.2. The molecule has 0 saturated heterocycles. The molecule has 6 nitrogen and oxygen atoms in total. The Bertz CT molecular complexity index is 526. The van der Waals surface area contributed by atoms with Gasteiger partial charge in [0, 0.05) is 13.2 Å². The van der Waals surface area contributed by atoms with Crippen molar-refractivity contribution in [2.24, 2.45) is 0 Å². The number of rotatable bonds is 6. The van der Waals surface area contributed by atoms with E-state index in [9.17, 15) is 4.79 Å². The molecule has 104 valence electrons. The molecule has 20 heavy (non-hydrogen) atoms. The summed E-state index contributed by atoms with van der Waals surface area (Å²) in [5.74, 6) is 0.377. The minimum atomic E-state index is -0.449. The number of nitrogens with one attached hydrogen (secondary N) is 1. The first-order valence-corrected chi connectivity index (χ1v) is 6.37. The molecule has 0 saturated carbocycles. The molecule has 1 amide bonds. The predicted octanol–water partition coefficient (Wildman–Crippen LogP) is 1.20. The van der Waals surface area contributed by atoms with Crippen LogP contribution in [0.25, 0.3) is 0 Å². The number of hydrogen-bond acceptors (Lipinski definition) is 5. The highest BCUT2D eigenvalue weighted by atomic mass is 16.2. The van der Waals surface area contributed by atoms with Crippen LogP contribution in [-0.4, -0.2) is 30.5 Å². The summed E-state index contributed by atoms with van der Waals surface area (Å²) in [6.45, 7) is 2.07. The van der Waals surface area contributed by atoms with Gasteiger partial charge in [-0.15, -0.1) is 0 Å². The first kappa shape index (κ1) is 15.5. The van der Waals surface area contributed by atoms with Gasteiger partial charge in [0.1, 0.15) is 17.9 Å². The Morgan fingerprint density at radius 1 is 1.50 bits per heavy atom. The van der Waals surface area contributed by atoms with E-state index in [-0.39, 0.29) is 12.5 Å². The largest absolute Gasteiger partial charge is 0.350 e. The normalized spacial score (nSPS) is 11.0. The van der Waals surface area contributed by atoms with Crippen molar-refractivity contribution in [3.63, 3.8) is 0 Å². The molecular formula is C14H17N5O. The second kappa shape index (κ2) is 7.75. The minimum Gasteiger partial charge on any atom is -0.350 e. The summed E-state index contributed by atoms with van der Waals surface area (Å²) in [4.78, 5) is 17.6. The number of nitrogens with zero attached hydrogens (tertiary/aromatic N) is 4. The number of nitriles is 2. The van der Waals surface area contributed by atoms with Crippen LogP contribution in [-0.2, 0) is 4.79 Å². The number of aromatic nitrogens is 1. The summed E-state index contributed by atoms with van der Waals surface area (Å²) >= 11 is 0. The molecule has 0 fully saturated rings. The van der Waals surface area contributed by atoms with Gasteiger partial charge >= 0.3 is 0 Å². The molecule has 1 heterocycles. The van der Waals surface area contributed by atoms with Gasteiger partial charge < -0.3 is 10.2 Å². The van der Waals surface area contributed by atoms with E-state index in [4.69, 9.17) is 10.5 Å². The van der Waals surface area contributed by atoms with Crippen LogP contribution in [0.4, 0.5) is 5.82 Å². The second-order valence-corrected chi connectivity index (χ2v) is 4.41. The molecule has 1 aromatic heterocycles. The topological polar surface area (TPSA) is 92.8 Å². The van der Waals surface area contributed by atoms with Gasteiger partial charge in [-0.3, -0.25) is 4.79 Å². The fraction of sp³-hybridized carbons (Fsp3) is 0.429. The summed E-state index contributed by atoms with van der Waals surface area (Å²) in [6.07, 6.45) is 2.94. The zero-order valence-corrected chi connectivity index (χ0v) is 11.6. The van der Waals surface area contributed by atoms with Crippen molar-refractivity contribution in [2.75, 3.05) is 18.5 Å². The summed E-state index contributed by atoms with van der Waals surface area (Å²) < 4.78 is 0. The van der Waals surface area contributed by atoms with Crippen molar-refractivity contribution in [3.8, 4) is 12.1 Å². The molecule has 0 bridgehead atoms. The van der Waals surface area contributed by atoms with Crippen LogP contribution in [0.3, 0.4) is 0 Å². The fourth-order valence-electron chi connectivity index (χ4n) is 1.67. The summed E-state index contributed by atoms with van der Waals surface area (Å²) in [5.41, 5.74) is 0.471. The zero-order chi connectivity index (χ0) is 15.0. The SMILES string of the molecule is CCC[C@H](C#N)NC(=O)CN(C)c1ccc(C#N)cn1. The summed E-state index contributed by atoms with van der Waals surface area (Å²) in [5, 5.41) is 20.3. The average molecular weight is 271 g/mol. The third kappa shape index (κ3) is 4.58. The highest BCUT2D eigenvalue weighted by Crippen LogP contribution is 2.08. The van der Waals surface area contributed by atoms with Gasteiger partial charge in [0.2, 0.25) is 5.91 Å². The molecular weight excluding hydrogens is 254 g/mol. The second-order valence-electron chi connectivity index (χ2n) is 4.41. The lowest BCUT2D eigenvalue weighted by Gasteiger charge is -2.18. The van der Waals surface area contributed by atoms with Gasteiger partial charge in [0.25, 0.3) is 0 Å². The van der Waals surface area contributed by atoms with Crippen LogP contribution in [0.1, 0.15) is 25.3 Å². The van der Waals surface area contributed by atoms with E-state index < -0.39 is 6.04 Å². The molecule has 0 aliphatic rings. The van der Waals surface area contributed by atoms with Gasteiger partial charge in [0.15, 0.2) is 0 Å². The molecule has 1 atom stereocenters. The molecule has 6 heteroatoms. The van der Waals surface area contributed by atoms with Crippen LogP contribution >= 0.6 is 0 Å². The monoisotopic (exact) mass is 271 g/mol. The molecule has 0 spiro atoms. The Kier molecular flexibility index (Phi) is 5.99. The van der Waals surface area contributed by atoms with E-state index in [0.29, 0.717) is 17.8 Å². The van der Waals surface area contributed by atoms with Crippen molar-refractivity contribution in [2.45, 2.75) is 25.8 Å². The maximum Gasteiger partial charge on any atom is 0.240 e. The minimum absolute atomic E-state index is 0.112. The molecule has 0 radical (unpaired) electrons. The maximum absolute atomic E-state index is 11.8. The molecule has 0 aliphatic heterocycles. The Morgan fingerprint density at radius 3 is 2.75 bits per heavy atom. The van der Waals surface area contributed by atoms with E-state index in [1.165, 1.54) is 6.20 Å². The van der Waals surface area contributed by atoms with Crippen molar-refractivity contribution >= 4 is 11.7 Å². The van der Waals surface area contributed by atoms with Gasteiger partial charge in [-0.2, -0.15) is 10.5 Å². The Morgan fingerprint density at radius 2 is 2.25 bits per heavy atom. The molecule has 0 aliphatic carbocycles. The third-order valence-corrected chi connectivity index (χ3v) is 2.72. The Labute approximate surface area is 118 Å². The highest BCUT2D eigenvalue weighted by molar-refractivity contribution is 5.81. The van der Waals surface area contributed by atoms with Crippen molar-refractivity contribution in [1.82, 2.24) is 10.3 Å². The van der Waals surface area contributed by atoms with E-state index in [1.54, 1.807) is 24.1 Å². The molecule has 0 unspecified atom stereocenters. The Hall–Kier alpha value is -2.60. The number of likely N-dealkylation sites (N-methyl/N-ethyl adjacent to an activating group) is 1. The summed E-state index contributed by atoms with van der Waals surface area (Å²) in [7, 11) is 1.73. The van der Waals surface area contributed by atoms with E-state index in [0.717, 1.165) is 6.42 Å². The quantitative estimate of drug-likeness (QED) is 0.839. The number of carbonyl (C=O) groups excluding carboxylic acids is 1. The fourth-order valence-corrected chi connectivity index (χ4v) is 1.67. The van der Waals surface area contributed by atoms with Gasteiger partial charge in [-0.05, 0) is 18.6 Å².